The minimum absolute atomic E-state index is 0.0278. The number of carbonyl (C=O) groups is 1. The van der Waals surface area contributed by atoms with Crippen LogP contribution in [-0.2, 0) is 6.54 Å². The molecule has 2 amide bonds. The van der Waals surface area contributed by atoms with Crippen LogP contribution >= 0.6 is 11.6 Å². The Kier molecular flexibility index (Phi) is 6.06. The summed E-state index contributed by atoms with van der Waals surface area (Å²) < 4.78 is 26.5. The Morgan fingerprint density at radius 2 is 1.81 bits per heavy atom. The number of halogens is 3. The van der Waals surface area contributed by atoms with Crippen LogP contribution in [0.25, 0.3) is 0 Å². The first kappa shape index (κ1) is 18.6. The SMILES string of the molecule is O=C(Nc1ccc(F)cc1F)NC1CCN(Cc2ccc(Cl)cc2)CC1. The summed E-state index contributed by atoms with van der Waals surface area (Å²) in [5.41, 5.74) is 1.16. The van der Waals surface area contributed by atoms with Gasteiger partial charge in [0.2, 0.25) is 0 Å². The molecule has 1 fully saturated rings. The molecule has 0 radical (unpaired) electrons. The summed E-state index contributed by atoms with van der Waals surface area (Å²) in [5, 5.41) is 5.99. The molecule has 0 atom stereocenters. The van der Waals surface area contributed by atoms with E-state index < -0.39 is 17.7 Å². The van der Waals surface area contributed by atoms with Crippen molar-refractivity contribution < 1.29 is 13.6 Å². The lowest BCUT2D eigenvalue weighted by Gasteiger charge is -2.32. The van der Waals surface area contributed by atoms with Crippen LogP contribution < -0.4 is 10.6 Å². The highest BCUT2D eigenvalue weighted by Crippen LogP contribution is 2.17. The summed E-state index contributed by atoms with van der Waals surface area (Å²) in [4.78, 5) is 14.3. The zero-order valence-electron chi connectivity index (χ0n) is 14.1. The van der Waals surface area contributed by atoms with E-state index in [2.05, 4.69) is 15.5 Å². The maximum atomic E-state index is 13.6. The maximum Gasteiger partial charge on any atom is 0.319 e. The standard InChI is InChI=1S/C19H20ClF2N3O/c20-14-3-1-13(2-4-14)12-25-9-7-16(8-10-25)23-19(26)24-18-6-5-15(21)11-17(18)22/h1-6,11,16H,7-10,12H2,(H2,23,24,26). The van der Waals surface area contributed by atoms with Gasteiger partial charge in [0.1, 0.15) is 11.6 Å². The first-order valence-electron chi connectivity index (χ1n) is 8.49. The number of urea groups is 1. The van der Waals surface area contributed by atoms with Crippen LogP contribution in [0.5, 0.6) is 0 Å². The molecule has 1 aliphatic heterocycles. The van der Waals surface area contributed by atoms with Crippen molar-refractivity contribution >= 4 is 23.3 Å². The lowest BCUT2D eigenvalue weighted by Crippen LogP contribution is -2.45. The summed E-state index contributed by atoms with van der Waals surface area (Å²) in [7, 11) is 0. The van der Waals surface area contributed by atoms with Gasteiger partial charge in [-0.15, -0.1) is 0 Å². The second-order valence-electron chi connectivity index (χ2n) is 6.40. The molecule has 2 aromatic rings. The van der Waals surface area contributed by atoms with Crippen LogP contribution in [-0.4, -0.2) is 30.1 Å². The molecule has 1 aliphatic rings. The van der Waals surface area contributed by atoms with E-state index in [0.717, 1.165) is 49.6 Å². The Morgan fingerprint density at radius 1 is 1.12 bits per heavy atom. The summed E-state index contributed by atoms with van der Waals surface area (Å²) >= 11 is 5.90. The number of nitrogens with zero attached hydrogens (tertiary/aromatic N) is 1. The van der Waals surface area contributed by atoms with Gasteiger partial charge in [0.15, 0.2) is 0 Å². The van der Waals surface area contributed by atoms with Crippen molar-refractivity contribution in [1.29, 1.82) is 0 Å². The summed E-state index contributed by atoms with van der Waals surface area (Å²) in [5.74, 6) is -1.47. The number of anilines is 1. The second-order valence-corrected chi connectivity index (χ2v) is 6.84. The van der Waals surface area contributed by atoms with Crippen molar-refractivity contribution in [2.75, 3.05) is 18.4 Å². The Balaban J connectivity index is 1.44. The van der Waals surface area contributed by atoms with E-state index in [1.54, 1.807) is 0 Å². The van der Waals surface area contributed by atoms with Gasteiger partial charge in [-0.3, -0.25) is 4.90 Å². The first-order valence-corrected chi connectivity index (χ1v) is 8.87. The molecule has 7 heteroatoms. The molecule has 3 rings (SSSR count). The third-order valence-electron chi connectivity index (χ3n) is 4.42. The average Bonchev–Trinajstić information content (AvgIpc) is 2.61. The topological polar surface area (TPSA) is 44.4 Å². The number of carbonyl (C=O) groups excluding carboxylic acids is 1. The molecule has 0 saturated carbocycles. The highest BCUT2D eigenvalue weighted by atomic mass is 35.5. The first-order chi connectivity index (χ1) is 12.5. The number of hydrogen-bond acceptors (Lipinski definition) is 2. The molecule has 138 valence electrons. The Bertz CT molecular complexity index is 762. The number of benzene rings is 2. The largest absolute Gasteiger partial charge is 0.335 e. The van der Waals surface area contributed by atoms with Crippen molar-refractivity contribution in [2.24, 2.45) is 0 Å². The van der Waals surface area contributed by atoms with Crippen molar-refractivity contribution in [2.45, 2.75) is 25.4 Å². The molecule has 2 N–H and O–H groups in total. The van der Waals surface area contributed by atoms with Gasteiger partial charge < -0.3 is 10.6 Å². The van der Waals surface area contributed by atoms with Crippen LogP contribution in [0.15, 0.2) is 42.5 Å². The third kappa shape index (κ3) is 5.16. The van der Waals surface area contributed by atoms with E-state index in [9.17, 15) is 13.6 Å². The number of rotatable bonds is 4. The van der Waals surface area contributed by atoms with Crippen molar-refractivity contribution in [3.63, 3.8) is 0 Å². The zero-order chi connectivity index (χ0) is 18.5. The monoisotopic (exact) mass is 379 g/mol. The fourth-order valence-corrected chi connectivity index (χ4v) is 3.14. The third-order valence-corrected chi connectivity index (χ3v) is 4.67. The van der Waals surface area contributed by atoms with Crippen LogP contribution in [0.3, 0.4) is 0 Å². The average molecular weight is 380 g/mol. The van der Waals surface area contributed by atoms with Crippen molar-refractivity contribution in [3.8, 4) is 0 Å². The second kappa shape index (κ2) is 8.47. The molecule has 0 aliphatic carbocycles. The van der Waals surface area contributed by atoms with Gasteiger partial charge >= 0.3 is 6.03 Å². The van der Waals surface area contributed by atoms with Crippen LogP contribution in [0.1, 0.15) is 18.4 Å². The van der Waals surface area contributed by atoms with E-state index in [4.69, 9.17) is 11.6 Å². The quantitative estimate of drug-likeness (QED) is 0.826. The Morgan fingerprint density at radius 3 is 2.46 bits per heavy atom. The highest BCUT2D eigenvalue weighted by Gasteiger charge is 2.21. The lowest BCUT2D eigenvalue weighted by atomic mass is 10.0. The number of hydrogen-bond donors (Lipinski definition) is 2. The minimum Gasteiger partial charge on any atom is -0.335 e. The van der Waals surface area contributed by atoms with Crippen LogP contribution in [0.4, 0.5) is 19.3 Å². The predicted octanol–water partition coefficient (Wildman–Crippen LogP) is 4.40. The normalized spacial score (nSPS) is 15.7. The van der Waals surface area contributed by atoms with E-state index in [1.165, 1.54) is 11.6 Å². The van der Waals surface area contributed by atoms with Crippen molar-refractivity contribution in [3.05, 3.63) is 64.7 Å². The number of nitrogens with one attached hydrogen (secondary N) is 2. The van der Waals surface area contributed by atoms with Gasteiger partial charge in [0.25, 0.3) is 0 Å². The minimum atomic E-state index is -0.794. The molecule has 1 heterocycles. The Labute approximate surface area is 156 Å². The van der Waals surface area contributed by atoms with Gasteiger partial charge in [-0.2, -0.15) is 0 Å². The Hall–Kier alpha value is -2.18. The molecule has 1 saturated heterocycles. The summed E-state index contributed by atoms with van der Waals surface area (Å²) in [6, 6.07) is 10.4. The summed E-state index contributed by atoms with van der Waals surface area (Å²) in [6.45, 7) is 2.56. The molecule has 2 aromatic carbocycles. The van der Waals surface area contributed by atoms with E-state index >= 15 is 0 Å². The van der Waals surface area contributed by atoms with Crippen LogP contribution in [0.2, 0.25) is 5.02 Å². The molecule has 26 heavy (non-hydrogen) atoms. The number of piperidine rings is 1. The van der Waals surface area contributed by atoms with Gasteiger partial charge in [0.05, 0.1) is 5.69 Å². The molecular weight excluding hydrogens is 360 g/mol. The molecule has 0 aromatic heterocycles. The fourth-order valence-electron chi connectivity index (χ4n) is 3.02. The fraction of sp³-hybridized carbons (Fsp3) is 0.316. The zero-order valence-corrected chi connectivity index (χ0v) is 14.9. The lowest BCUT2D eigenvalue weighted by molar-refractivity contribution is 0.190. The maximum absolute atomic E-state index is 13.6. The van der Waals surface area contributed by atoms with Gasteiger partial charge in [-0.1, -0.05) is 23.7 Å². The molecule has 0 bridgehead atoms. The molecular formula is C19H20ClF2N3O. The van der Waals surface area contributed by atoms with Crippen LogP contribution in [0, 0.1) is 11.6 Å². The number of likely N-dealkylation sites (tertiary alicyclic amines) is 1. The predicted molar refractivity (Wildman–Crippen MR) is 98.3 cm³/mol. The van der Waals surface area contributed by atoms with E-state index in [-0.39, 0.29) is 11.7 Å². The van der Waals surface area contributed by atoms with Gasteiger partial charge in [0, 0.05) is 36.8 Å². The van der Waals surface area contributed by atoms with Gasteiger partial charge in [-0.05, 0) is 42.7 Å². The van der Waals surface area contributed by atoms with Crippen molar-refractivity contribution in [1.82, 2.24) is 10.2 Å². The molecule has 0 spiro atoms. The van der Waals surface area contributed by atoms with E-state index in [1.807, 2.05) is 24.3 Å². The highest BCUT2D eigenvalue weighted by molar-refractivity contribution is 6.30. The summed E-state index contributed by atoms with van der Waals surface area (Å²) in [6.07, 6.45) is 1.62. The molecule has 0 unspecified atom stereocenters. The number of amides is 2. The van der Waals surface area contributed by atoms with E-state index in [0.29, 0.717) is 0 Å². The van der Waals surface area contributed by atoms with Gasteiger partial charge in [-0.25, -0.2) is 13.6 Å². The molecule has 4 nitrogen and oxygen atoms in total. The smallest absolute Gasteiger partial charge is 0.319 e.